The Morgan fingerprint density at radius 1 is 1.57 bits per heavy atom. The molecule has 0 saturated carbocycles. The van der Waals surface area contributed by atoms with E-state index in [1.165, 1.54) is 0 Å². The molecule has 0 bridgehead atoms. The minimum Gasteiger partial charge on any atom is -0.298 e. The van der Waals surface area contributed by atoms with Crippen molar-refractivity contribution in [1.82, 2.24) is 0 Å². The second-order valence-corrected chi connectivity index (χ2v) is 3.31. The van der Waals surface area contributed by atoms with E-state index in [1.807, 2.05) is 6.07 Å². The number of ketones is 1. The zero-order valence-corrected chi connectivity index (χ0v) is 8.58. The van der Waals surface area contributed by atoms with Crippen LogP contribution >= 0.6 is 11.6 Å². The Bertz CT molecular complexity index is 381. The summed E-state index contributed by atoms with van der Waals surface area (Å²) in [6, 6.07) is 8.92. The second kappa shape index (κ2) is 4.78. The van der Waals surface area contributed by atoms with Crippen molar-refractivity contribution < 1.29 is 4.79 Å². The lowest BCUT2D eigenvalue weighted by Crippen LogP contribution is -2.09. The molecular formula is C11H10ClNO. The summed E-state index contributed by atoms with van der Waals surface area (Å²) in [6.45, 7) is 1.74. The molecule has 0 fully saturated rings. The van der Waals surface area contributed by atoms with Crippen LogP contribution in [0.4, 0.5) is 0 Å². The van der Waals surface area contributed by atoms with Crippen LogP contribution in [0.5, 0.6) is 0 Å². The first kappa shape index (κ1) is 10.7. The third-order valence-electron chi connectivity index (χ3n) is 2.02. The summed E-state index contributed by atoms with van der Waals surface area (Å²) in [5, 5.41) is 9.35. The van der Waals surface area contributed by atoms with Crippen LogP contribution in [0.3, 0.4) is 0 Å². The number of hydrogen-bond acceptors (Lipinski definition) is 2. The molecule has 0 aromatic heterocycles. The Morgan fingerprint density at radius 2 is 2.21 bits per heavy atom. The summed E-state index contributed by atoms with van der Waals surface area (Å²) < 4.78 is 0. The average Bonchev–Trinajstić information content (AvgIpc) is 2.21. The van der Waals surface area contributed by atoms with Crippen LogP contribution in [0.2, 0.25) is 5.02 Å². The molecule has 1 unspecified atom stereocenters. The van der Waals surface area contributed by atoms with Crippen molar-refractivity contribution in [2.24, 2.45) is 0 Å². The Morgan fingerprint density at radius 3 is 2.71 bits per heavy atom. The van der Waals surface area contributed by atoms with Gasteiger partial charge in [-0.2, -0.15) is 5.26 Å². The molecule has 1 atom stereocenters. The van der Waals surface area contributed by atoms with Crippen molar-refractivity contribution in [2.75, 3.05) is 0 Å². The third-order valence-corrected chi connectivity index (χ3v) is 2.36. The maximum absolute atomic E-state index is 11.4. The molecule has 72 valence electrons. The maximum Gasteiger partial charge on any atom is 0.154 e. The van der Waals surface area contributed by atoms with Crippen molar-refractivity contribution in [1.29, 1.82) is 5.26 Å². The van der Waals surface area contributed by atoms with E-state index in [1.54, 1.807) is 31.2 Å². The molecule has 14 heavy (non-hydrogen) atoms. The van der Waals surface area contributed by atoms with Gasteiger partial charge in [0, 0.05) is 11.4 Å². The molecule has 0 N–H and O–H groups in total. The Kier molecular flexibility index (Phi) is 3.67. The van der Waals surface area contributed by atoms with E-state index in [2.05, 4.69) is 0 Å². The van der Waals surface area contributed by atoms with E-state index in [-0.39, 0.29) is 5.78 Å². The van der Waals surface area contributed by atoms with Crippen LogP contribution in [0.1, 0.15) is 24.8 Å². The average molecular weight is 208 g/mol. The predicted molar refractivity (Wildman–Crippen MR) is 55.1 cm³/mol. The molecule has 1 rings (SSSR count). The van der Waals surface area contributed by atoms with Crippen LogP contribution < -0.4 is 0 Å². The largest absolute Gasteiger partial charge is 0.298 e. The lowest BCUT2D eigenvalue weighted by atomic mass is 9.95. The number of carbonyl (C=O) groups is 1. The normalized spacial score (nSPS) is 11.8. The quantitative estimate of drug-likeness (QED) is 0.765. The summed E-state index contributed by atoms with van der Waals surface area (Å²) in [5.41, 5.74) is 0.600. The molecule has 2 nitrogen and oxygen atoms in total. The molecular weight excluding hydrogens is 198 g/mol. The standard InChI is InChI=1S/C11H10ClNO/c1-2-11(14)9(7-13)8-5-3-4-6-10(8)12/h3-6,9H,2H2,1H3. The Hall–Kier alpha value is -1.33. The third kappa shape index (κ3) is 2.12. The van der Waals surface area contributed by atoms with Gasteiger partial charge in [-0.25, -0.2) is 0 Å². The van der Waals surface area contributed by atoms with E-state index >= 15 is 0 Å². The fraction of sp³-hybridized carbons (Fsp3) is 0.273. The molecule has 0 saturated heterocycles. The highest BCUT2D eigenvalue weighted by atomic mass is 35.5. The van der Waals surface area contributed by atoms with Crippen molar-refractivity contribution in [2.45, 2.75) is 19.3 Å². The first-order chi connectivity index (χ1) is 6.70. The monoisotopic (exact) mass is 207 g/mol. The Labute approximate surface area is 88.1 Å². The minimum atomic E-state index is -0.728. The molecule has 1 aromatic carbocycles. The zero-order valence-electron chi connectivity index (χ0n) is 7.83. The first-order valence-electron chi connectivity index (χ1n) is 4.37. The van der Waals surface area contributed by atoms with Crippen molar-refractivity contribution >= 4 is 17.4 Å². The van der Waals surface area contributed by atoms with Crippen LogP contribution in [0, 0.1) is 11.3 Å². The Balaban J connectivity index is 3.09. The van der Waals surface area contributed by atoms with Gasteiger partial charge in [-0.15, -0.1) is 0 Å². The van der Waals surface area contributed by atoms with E-state index in [9.17, 15) is 4.79 Å². The summed E-state index contributed by atoms with van der Waals surface area (Å²) >= 11 is 5.90. The van der Waals surface area contributed by atoms with E-state index in [4.69, 9.17) is 16.9 Å². The summed E-state index contributed by atoms with van der Waals surface area (Å²) in [5.74, 6) is -0.825. The van der Waals surface area contributed by atoms with Crippen LogP contribution in [-0.2, 0) is 4.79 Å². The highest BCUT2D eigenvalue weighted by Crippen LogP contribution is 2.25. The van der Waals surface area contributed by atoms with Gasteiger partial charge in [-0.3, -0.25) is 4.79 Å². The van der Waals surface area contributed by atoms with Crippen LogP contribution in [0.25, 0.3) is 0 Å². The number of halogens is 1. The molecule has 1 aromatic rings. The van der Waals surface area contributed by atoms with Gasteiger partial charge < -0.3 is 0 Å². The van der Waals surface area contributed by atoms with Crippen LogP contribution in [-0.4, -0.2) is 5.78 Å². The van der Waals surface area contributed by atoms with Gasteiger partial charge in [0.1, 0.15) is 5.92 Å². The SMILES string of the molecule is CCC(=O)C(C#N)c1ccccc1Cl. The van der Waals surface area contributed by atoms with Crippen molar-refractivity contribution in [3.05, 3.63) is 34.9 Å². The van der Waals surface area contributed by atoms with Crippen LogP contribution in [0.15, 0.2) is 24.3 Å². The van der Waals surface area contributed by atoms with E-state index in [0.29, 0.717) is 17.0 Å². The summed E-state index contributed by atoms with van der Waals surface area (Å²) in [6.07, 6.45) is 0.351. The maximum atomic E-state index is 11.4. The number of carbonyl (C=O) groups excluding carboxylic acids is 1. The molecule has 0 amide bonds. The second-order valence-electron chi connectivity index (χ2n) is 2.90. The smallest absolute Gasteiger partial charge is 0.154 e. The lowest BCUT2D eigenvalue weighted by Gasteiger charge is -2.08. The molecule has 0 radical (unpaired) electrons. The summed E-state index contributed by atoms with van der Waals surface area (Å²) in [7, 11) is 0. The number of rotatable bonds is 3. The lowest BCUT2D eigenvalue weighted by molar-refractivity contribution is -0.119. The molecule has 0 aliphatic carbocycles. The highest BCUT2D eigenvalue weighted by molar-refractivity contribution is 6.31. The molecule has 0 aliphatic heterocycles. The number of hydrogen-bond donors (Lipinski definition) is 0. The van der Waals surface area contributed by atoms with Gasteiger partial charge >= 0.3 is 0 Å². The fourth-order valence-corrected chi connectivity index (χ4v) is 1.47. The minimum absolute atomic E-state index is 0.0967. The van der Waals surface area contributed by atoms with E-state index < -0.39 is 5.92 Å². The van der Waals surface area contributed by atoms with Gasteiger partial charge in [-0.05, 0) is 11.6 Å². The predicted octanol–water partition coefficient (Wildman–Crippen LogP) is 2.93. The van der Waals surface area contributed by atoms with Crippen molar-refractivity contribution in [3.8, 4) is 6.07 Å². The molecule has 0 aliphatic rings. The van der Waals surface area contributed by atoms with Gasteiger partial charge in [-0.1, -0.05) is 36.7 Å². The first-order valence-corrected chi connectivity index (χ1v) is 4.75. The fourth-order valence-electron chi connectivity index (χ4n) is 1.23. The number of nitrogens with zero attached hydrogens (tertiary/aromatic N) is 1. The summed E-state index contributed by atoms with van der Waals surface area (Å²) in [4.78, 5) is 11.4. The number of nitriles is 1. The van der Waals surface area contributed by atoms with Gasteiger partial charge in [0.15, 0.2) is 5.78 Å². The van der Waals surface area contributed by atoms with Gasteiger partial charge in [0.2, 0.25) is 0 Å². The molecule has 0 spiro atoms. The van der Waals surface area contributed by atoms with Crippen molar-refractivity contribution in [3.63, 3.8) is 0 Å². The van der Waals surface area contributed by atoms with Gasteiger partial charge in [0.05, 0.1) is 6.07 Å². The molecule has 0 heterocycles. The zero-order chi connectivity index (χ0) is 10.6. The number of Topliss-reactive ketones (excluding diaryl/α,β-unsaturated/α-hetero) is 1. The topological polar surface area (TPSA) is 40.9 Å². The number of benzene rings is 1. The molecule has 3 heteroatoms. The highest BCUT2D eigenvalue weighted by Gasteiger charge is 2.20. The van der Waals surface area contributed by atoms with E-state index in [0.717, 1.165) is 0 Å². The van der Waals surface area contributed by atoms with Gasteiger partial charge in [0.25, 0.3) is 0 Å².